The van der Waals surface area contributed by atoms with E-state index in [0.717, 1.165) is 28.9 Å². The third kappa shape index (κ3) is 3.50. The van der Waals surface area contributed by atoms with E-state index < -0.39 is 0 Å². The first-order valence-electron chi connectivity index (χ1n) is 6.75. The molecule has 1 heterocycles. The Morgan fingerprint density at radius 2 is 2.05 bits per heavy atom. The molecule has 2 aromatic rings. The Morgan fingerprint density at radius 3 is 2.70 bits per heavy atom. The van der Waals surface area contributed by atoms with Crippen molar-refractivity contribution in [2.75, 3.05) is 6.61 Å². The van der Waals surface area contributed by atoms with Gasteiger partial charge in [0.25, 0.3) is 0 Å². The first kappa shape index (κ1) is 14.8. The number of ether oxygens (including phenoxy) is 1. The van der Waals surface area contributed by atoms with E-state index in [-0.39, 0.29) is 6.04 Å². The zero-order valence-electron chi connectivity index (χ0n) is 11.8. The SMILES string of the molecule is CCCOc1cncc(-c2ccc(C(C)N)c(Cl)c2)c1. The lowest BCUT2D eigenvalue weighted by atomic mass is 10.0. The number of halogens is 1. The van der Waals surface area contributed by atoms with E-state index in [4.69, 9.17) is 22.1 Å². The van der Waals surface area contributed by atoms with Crippen LogP contribution in [-0.2, 0) is 0 Å². The molecule has 2 N–H and O–H groups in total. The Bertz CT molecular complexity index is 584. The first-order chi connectivity index (χ1) is 9.61. The first-order valence-corrected chi connectivity index (χ1v) is 7.13. The van der Waals surface area contributed by atoms with Crippen molar-refractivity contribution in [2.45, 2.75) is 26.3 Å². The fourth-order valence-electron chi connectivity index (χ4n) is 1.95. The van der Waals surface area contributed by atoms with Gasteiger partial charge in [0.15, 0.2) is 0 Å². The highest BCUT2D eigenvalue weighted by molar-refractivity contribution is 6.31. The number of aromatic nitrogens is 1. The molecule has 0 aliphatic rings. The number of nitrogens with two attached hydrogens (primary N) is 1. The Balaban J connectivity index is 2.29. The average molecular weight is 291 g/mol. The van der Waals surface area contributed by atoms with Gasteiger partial charge in [0, 0.05) is 22.8 Å². The maximum Gasteiger partial charge on any atom is 0.138 e. The van der Waals surface area contributed by atoms with Crippen molar-refractivity contribution >= 4 is 11.6 Å². The molecule has 4 heteroatoms. The summed E-state index contributed by atoms with van der Waals surface area (Å²) in [6, 6.07) is 7.78. The van der Waals surface area contributed by atoms with Gasteiger partial charge >= 0.3 is 0 Å². The molecule has 0 saturated carbocycles. The monoisotopic (exact) mass is 290 g/mol. The molecule has 0 fully saturated rings. The summed E-state index contributed by atoms with van der Waals surface area (Å²) in [5.41, 5.74) is 8.80. The predicted octanol–water partition coefficient (Wildman–Crippen LogP) is 4.21. The summed E-state index contributed by atoms with van der Waals surface area (Å²) in [5.74, 6) is 0.775. The van der Waals surface area contributed by atoms with Crippen LogP contribution in [0.15, 0.2) is 36.7 Å². The molecule has 0 aliphatic carbocycles. The summed E-state index contributed by atoms with van der Waals surface area (Å²) in [5, 5.41) is 0.678. The Labute approximate surface area is 124 Å². The summed E-state index contributed by atoms with van der Waals surface area (Å²) in [6.45, 7) is 4.68. The molecule has 1 aromatic heterocycles. The van der Waals surface area contributed by atoms with Gasteiger partial charge < -0.3 is 10.5 Å². The summed E-state index contributed by atoms with van der Waals surface area (Å²) in [6.07, 6.45) is 4.49. The number of nitrogens with zero attached hydrogens (tertiary/aromatic N) is 1. The van der Waals surface area contributed by atoms with Crippen LogP contribution in [0.4, 0.5) is 0 Å². The minimum atomic E-state index is -0.0751. The predicted molar refractivity (Wildman–Crippen MR) is 83.1 cm³/mol. The molecule has 0 radical (unpaired) electrons. The van der Waals surface area contributed by atoms with Crippen LogP contribution in [0.1, 0.15) is 31.9 Å². The summed E-state index contributed by atoms with van der Waals surface area (Å²) >= 11 is 6.27. The van der Waals surface area contributed by atoms with E-state index in [2.05, 4.69) is 11.9 Å². The van der Waals surface area contributed by atoms with Gasteiger partial charge in [-0.2, -0.15) is 0 Å². The van der Waals surface area contributed by atoms with Crippen LogP contribution in [0, 0.1) is 0 Å². The number of benzene rings is 1. The maximum atomic E-state index is 6.27. The molecule has 2 rings (SSSR count). The standard InChI is InChI=1S/C16H19ClN2O/c1-3-6-20-14-7-13(9-19-10-14)12-4-5-15(11(2)18)16(17)8-12/h4-5,7-11H,3,6,18H2,1-2H3. The van der Waals surface area contributed by atoms with Crippen LogP contribution in [0.5, 0.6) is 5.75 Å². The number of hydrogen-bond acceptors (Lipinski definition) is 3. The fraction of sp³-hybridized carbons (Fsp3) is 0.312. The van der Waals surface area contributed by atoms with E-state index in [0.29, 0.717) is 11.6 Å². The largest absolute Gasteiger partial charge is 0.492 e. The number of hydrogen-bond donors (Lipinski definition) is 1. The molecule has 0 bridgehead atoms. The van der Waals surface area contributed by atoms with Crippen molar-refractivity contribution in [1.82, 2.24) is 4.98 Å². The van der Waals surface area contributed by atoms with Crippen LogP contribution in [-0.4, -0.2) is 11.6 Å². The molecule has 0 saturated heterocycles. The molecule has 1 atom stereocenters. The van der Waals surface area contributed by atoms with Crippen molar-refractivity contribution in [3.8, 4) is 16.9 Å². The highest BCUT2D eigenvalue weighted by atomic mass is 35.5. The number of rotatable bonds is 5. The molecule has 0 aliphatic heterocycles. The van der Waals surface area contributed by atoms with Crippen LogP contribution in [0.3, 0.4) is 0 Å². The zero-order chi connectivity index (χ0) is 14.5. The van der Waals surface area contributed by atoms with E-state index >= 15 is 0 Å². The Hall–Kier alpha value is -1.58. The molecule has 3 nitrogen and oxygen atoms in total. The highest BCUT2D eigenvalue weighted by Gasteiger charge is 2.08. The van der Waals surface area contributed by atoms with E-state index in [9.17, 15) is 0 Å². The third-order valence-corrected chi connectivity index (χ3v) is 3.34. The van der Waals surface area contributed by atoms with Crippen molar-refractivity contribution < 1.29 is 4.74 Å². The quantitative estimate of drug-likeness (QED) is 0.897. The third-order valence-electron chi connectivity index (χ3n) is 3.01. The topological polar surface area (TPSA) is 48.1 Å². The van der Waals surface area contributed by atoms with Crippen LogP contribution in [0.2, 0.25) is 5.02 Å². The van der Waals surface area contributed by atoms with Gasteiger partial charge in [-0.1, -0.05) is 30.7 Å². The smallest absolute Gasteiger partial charge is 0.138 e. The second-order valence-electron chi connectivity index (χ2n) is 4.78. The van der Waals surface area contributed by atoms with Crippen molar-refractivity contribution in [3.63, 3.8) is 0 Å². The van der Waals surface area contributed by atoms with Gasteiger partial charge in [-0.25, -0.2) is 0 Å². The molecule has 1 aromatic carbocycles. The zero-order valence-corrected chi connectivity index (χ0v) is 12.5. The summed E-state index contributed by atoms with van der Waals surface area (Å²) < 4.78 is 5.59. The van der Waals surface area contributed by atoms with Gasteiger partial charge in [-0.3, -0.25) is 4.98 Å². The number of pyridine rings is 1. The lowest BCUT2D eigenvalue weighted by molar-refractivity contribution is 0.316. The van der Waals surface area contributed by atoms with Gasteiger partial charge in [-0.05, 0) is 36.6 Å². The molecular weight excluding hydrogens is 272 g/mol. The van der Waals surface area contributed by atoms with Gasteiger partial charge in [0.2, 0.25) is 0 Å². The molecule has 1 unspecified atom stereocenters. The van der Waals surface area contributed by atoms with Crippen molar-refractivity contribution in [1.29, 1.82) is 0 Å². The van der Waals surface area contributed by atoms with Crippen molar-refractivity contribution in [3.05, 3.63) is 47.2 Å². The lowest BCUT2D eigenvalue weighted by Crippen LogP contribution is -2.05. The maximum absolute atomic E-state index is 6.27. The molecule has 0 amide bonds. The van der Waals surface area contributed by atoms with Gasteiger partial charge in [0.05, 0.1) is 12.8 Å². The van der Waals surface area contributed by atoms with Crippen molar-refractivity contribution in [2.24, 2.45) is 5.73 Å². The van der Waals surface area contributed by atoms with E-state index in [1.165, 1.54) is 0 Å². The van der Waals surface area contributed by atoms with Crippen LogP contribution in [0.25, 0.3) is 11.1 Å². The van der Waals surface area contributed by atoms with E-state index in [1.54, 1.807) is 12.4 Å². The van der Waals surface area contributed by atoms with Crippen LogP contribution < -0.4 is 10.5 Å². The minimum Gasteiger partial charge on any atom is -0.492 e. The second-order valence-corrected chi connectivity index (χ2v) is 5.19. The lowest BCUT2D eigenvalue weighted by Gasteiger charge is -2.11. The summed E-state index contributed by atoms with van der Waals surface area (Å²) in [4.78, 5) is 4.21. The molecule has 20 heavy (non-hydrogen) atoms. The van der Waals surface area contributed by atoms with E-state index in [1.807, 2.05) is 31.2 Å². The Morgan fingerprint density at radius 1 is 1.25 bits per heavy atom. The normalized spacial score (nSPS) is 12.2. The Kier molecular flexibility index (Phi) is 4.99. The van der Waals surface area contributed by atoms with Gasteiger partial charge in [-0.15, -0.1) is 0 Å². The molecular formula is C16H19ClN2O. The van der Waals surface area contributed by atoms with Crippen LogP contribution >= 0.6 is 11.6 Å². The molecule has 0 spiro atoms. The molecule has 106 valence electrons. The highest BCUT2D eigenvalue weighted by Crippen LogP contribution is 2.29. The van der Waals surface area contributed by atoms with Gasteiger partial charge in [0.1, 0.15) is 5.75 Å². The minimum absolute atomic E-state index is 0.0751. The second kappa shape index (κ2) is 6.73. The fourth-order valence-corrected chi connectivity index (χ4v) is 2.30. The average Bonchev–Trinajstić information content (AvgIpc) is 2.45. The summed E-state index contributed by atoms with van der Waals surface area (Å²) in [7, 11) is 0.